The van der Waals surface area contributed by atoms with Gasteiger partial charge in [0, 0.05) is 12.0 Å². The van der Waals surface area contributed by atoms with Gasteiger partial charge >= 0.3 is 18.4 Å². The molecule has 0 bridgehead atoms. The molecule has 1 saturated heterocycles. The summed E-state index contributed by atoms with van der Waals surface area (Å²) in [6, 6.07) is 5.17. The first-order valence-electron chi connectivity index (χ1n) is 8.28. The minimum atomic E-state index is -4.95. The lowest BCUT2D eigenvalue weighted by Gasteiger charge is -2.45. The van der Waals surface area contributed by atoms with Crippen LogP contribution >= 0.6 is 0 Å². The van der Waals surface area contributed by atoms with Crippen LogP contribution in [-0.4, -0.2) is 64.4 Å². The Morgan fingerprint density at radius 2 is 1.71 bits per heavy atom. The van der Waals surface area contributed by atoms with Crippen molar-refractivity contribution in [2.75, 3.05) is 13.1 Å². The van der Waals surface area contributed by atoms with Gasteiger partial charge in [0.25, 0.3) is 0 Å². The van der Waals surface area contributed by atoms with Crippen LogP contribution < -0.4 is 0 Å². The molecule has 156 valence electrons. The molecule has 0 aromatic heterocycles. The quantitative estimate of drug-likeness (QED) is 0.764. The molecule has 2 amide bonds. The third-order valence-corrected chi connectivity index (χ3v) is 4.67. The molecule has 28 heavy (non-hydrogen) atoms. The summed E-state index contributed by atoms with van der Waals surface area (Å²) in [6.07, 6.45) is -12.1. The SMILES string of the molecule is C[C@@H]1[C@H](c2ccccc2)CC(N(CC(F)(F)F)C(=O)O)C(=O)N1CC(F)(F)F. The third kappa shape index (κ3) is 5.29. The highest BCUT2D eigenvalue weighted by molar-refractivity contribution is 5.86. The molecule has 1 fully saturated rings. The van der Waals surface area contributed by atoms with Crippen LogP contribution in [0.25, 0.3) is 0 Å². The van der Waals surface area contributed by atoms with E-state index in [9.17, 15) is 41.0 Å². The molecule has 11 heteroatoms. The first-order chi connectivity index (χ1) is 12.8. The van der Waals surface area contributed by atoms with Gasteiger partial charge in [-0.15, -0.1) is 0 Å². The number of amides is 2. The molecular weight excluding hydrogens is 394 g/mol. The summed E-state index contributed by atoms with van der Waals surface area (Å²) in [6.45, 7) is -2.26. The summed E-state index contributed by atoms with van der Waals surface area (Å²) in [5, 5.41) is 9.18. The summed E-state index contributed by atoms with van der Waals surface area (Å²) >= 11 is 0. The van der Waals surface area contributed by atoms with Crippen molar-refractivity contribution in [3.05, 3.63) is 35.9 Å². The summed E-state index contributed by atoms with van der Waals surface area (Å²) in [7, 11) is 0. The number of alkyl halides is 6. The third-order valence-electron chi connectivity index (χ3n) is 4.67. The number of nitrogens with zero attached hydrogens (tertiary/aromatic N) is 2. The number of halogens is 6. The zero-order valence-corrected chi connectivity index (χ0v) is 14.7. The van der Waals surface area contributed by atoms with Gasteiger partial charge < -0.3 is 10.0 Å². The molecule has 1 aliphatic rings. The van der Waals surface area contributed by atoms with Crippen molar-refractivity contribution in [3.8, 4) is 0 Å². The van der Waals surface area contributed by atoms with E-state index < -0.39 is 55.4 Å². The fraction of sp³-hybridized carbons (Fsp3) is 0.529. The first kappa shape index (κ1) is 21.8. The van der Waals surface area contributed by atoms with Crippen LogP contribution in [-0.2, 0) is 4.79 Å². The van der Waals surface area contributed by atoms with Gasteiger partial charge in [0.2, 0.25) is 5.91 Å². The van der Waals surface area contributed by atoms with E-state index in [2.05, 4.69) is 0 Å². The topological polar surface area (TPSA) is 60.9 Å². The normalized spacial score (nSPS) is 23.6. The van der Waals surface area contributed by atoms with E-state index in [0.717, 1.165) is 0 Å². The van der Waals surface area contributed by atoms with Crippen LogP contribution in [0.5, 0.6) is 0 Å². The highest BCUT2D eigenvalue weighted by atomic mass is 19.4. The summed E-state index contributed by atoms with van der Waals surface area (Å²) in [5.41, 5.74) is 0.511. The van der Waals surface area contributed by atoms with Crippen molar-refractivity contribution in [2.45, 2.75) is 43.7 Å². The largest absolute Gasteiger partial charge is 0.465 e. The number of carbonyl (C=O) groups is 2. The number of piperidine rings is 1. The van der Waals surface area contributed by atoms with E-state index >= 15 is 0 Å². The number of carbonyl (C=O) groups excluding carboxylic acids is 1. The van der Waals surface area contributed by atoms with E-state index in [0.29, 0.717) is 10.5 Å². The lowest BCUT2D eigenvalue weighted by molar-refractivity contribution is -0.178. The fourth-order valence-corrected chi connectivity index (χ4v) is 3.44. The van der Waals surface area contributed by atoms with Crippen LogP contribution in [0.2, 0.25) is 0 Å². The molecular formula is C17H18F6N2O3. The molecule has 5 nitrogen and oxygen atoms in total. The number of rotatable bonds is 4. The molecule has 1 aromatic carbocycles. The smallest absolute Gasteiger partial charge is 0.408 e. The average molecular weight is 412 g/mol. The molecule has 0 spiro atoms. The van der Waals surface area contributed by atoms with Gasteiger partial charge in [-0.05, 0) is 18.9 Å². The second-order valence-corrected chi connectivity index (χ2v) is 6.62. The molecule has 1 unspecified atom stereocenters. The molecule has 0 saturated carbocycles. The second-order valence-electron chi connectivity index (χ2n) is 6.62. The van der Waals surface area contributed by atoms with Gasteiger partial charge in [0.1, 0.15) is 19.1 Å². The van der Waals surface area contributed by atoms with Gasteiger partial charge in [-0.25, -0.2) is 4.79 Å². The van der Waals surface area contributed by atoms with Gasteiger partial charge in [-0.3, -0.25) is 9.69 Å². The second kappa shape index (κ2) is 7.88. The van der Waals surface area contributed by atoms with Crippen molar-refractivity contribution >= 4 is 12.0 Å². The van der Waals surface area contributed by atoms with Crippen molar-refractivity contribution in [2.24, 2.45) is 0 Å². The van der Waals surface area contributed by atoms with E-state index in [1.807, 2.05) is 0 Å². The molecule has 1 aliphatic heterocycles. The molecule has 1 heterocycles. The van der Waals surface area contributed by atoms with Gasteiger partial charge in [0.15, 0.2) is 0 Å². The number of likely N-dealkylation sites (tertiary alicyclic amines) is 1. The lowest BCUT2D eigenvalue weighted by atomic mass is 9.81. The van der Waals surface area contributed by atoms with Crippen LogP contribution in [0.3, 0.4) is 0 Å². The monoisotopic (exact) mass is 412 g/mol. The molecule has 1 aromatic rings. The minimum Gasteiger partial charge on any atom is -0.465 e. The van der Waals surface area contributed by atoms with Crippen molar-refractivity contribution in [1.29, 1.82) is 0 Å². The maximum atomic E-state index is 13.0. The standard InChI is InChI=1S/C17H18F6N2O3/c1-10-12(11-5-3-2-4-6-11)7-13(14(26)24(10)8-16(18,19)20)25(15(27)28)9-17(21,22)23/h2-6,10,12-13H,7-9H2,1H3,(H,27,28)/t10-,12-,13?/m1/s1. The number of hydrogen-bond donors (Lipinski definition) is 1. The van der Waals surface area contributed by atoms with Crippen LogP contribution in [0, 0.1) is 0 Å². The zero-order chi connectivity index (χ0) is 21.3. The van der Waals surface area contributed by atoms with Crippen molar-refractivity contribution in [3.63, 3.8) is 0 Å². The Morgan fingerprint density at radius 1 is 1.14 bits per heavy atom. The number of carboxylic acid groups (broad SMARTS) is 1. The minimum absolute atomic E-state index is 0.131. The number of benzene rings is 1. The first-order valence-corrected chi connectivity index (χ1v) is 8.28. The van der Waals surface area contributed by atoms with E-state index in [1.165, 1.54) is 6.92 Å². The Kier molecular flexibility index (Phi) is 6.15. The summed E-state index contributed by atoms with van der Waals surface area (Å²) in [4.78, 5) is 24.2. The van der Waals surface area contributed by atoms with E-state index in [4.69, 9.17) is 0 Å². The molecule has 0 aliphatic carbocycles. The predicted octanol–water partition coefficient (Wildman–Crippen LogP) is 3.86. The lowest BCUT2D eigenvalue weighted by Crippen LogP contribution is -2.61. The highest BCUT2D eigenvalue weighted by Gasteiger charge is 2.49. The number of hydrogen-bond acceptors (Lipinski definition) is 2. The molecule has 3 atom stereocenters. The zero-order valence-electron chi connectivity index (χ0n) is 14.7. The van der Waals surface area contributed by atoms with Crippen molar-refractivity contribution < 1.29 is 41.0 Å². The summed E-state index contributed by atoms with van der Waals surface area (Å²) in [5.74, 6) is -2.05. The fourth-order valence-electron chi connectivity index (χ4n) is 3.44. The Hall–Kier alpha value is -2.46. The highest BCUT2D eigenvalue weighted by Crippen LogP contribution is 2.37. The molecule has 0 radical (unpaired) electrons. The van der Waals surface area contributed by atoms with Crippen LogP contribution in [0.1, 0.15) is 24.8 Å². The van der Waals surface area contributed by atoms with Gasteiger partial charge in [0.05, 0.1) is 0 Å². The Balaban J connectivity index is 2.45. The Morgan fingerprint density at radius 3 is 2.18 bits per heavy atom. The Labute approximate surface area is 156 Å². The van der Waals surface area contributed by atoms with Crippen LogP contribution in [0.4, 0.5) is 31.1 Å². The van der Waals surface area contributed by atoms with E-state index in [1.54, 1.807) is 30.3 Å². The van der Waals surface area contributed by atoms with E-state index in [-0.39, 0.29) is 11.3 Å². The maximum absolute atomic E-state index is 13.0. The van der Waals surface area contributed by atoms with Gasteiger partial charge in [-0.1, -0.05) is 30.3 Å². The summed E-state index contributed by atoms with van der Waals surface area (Å²) < 4.78 is 77.3. The molecule has 1 N–H and O–H groups in total. The molecule has 2 rings (SSSR count). The maximum Gasteiger partial charge on any atom is 0.408 e. The predicted molar refractivity (Wildman–Crippen MR) is 85.6 cm³/mol. The van der Waals surface area contributed by atoms with Crippen LogP contribution in [0.15, 0.2) is 30.3 Å². The van der Waals surface area contributed by atoms with Gasteiger partial charge in [-0.2, -0.15) is 26.3 Å². The average Bonchev–Trinajstić information content (AvgIpc) is 2.56. The van der Waals surface area contributed by atoms with Crippen molar-refractivity contribution in [1.82, 2.24) is 9.80 Å². The Bertz CT molecular complexity index is 707.